The minimum absolute atomic E-state index is 0.618. The SMILES string of the molecule is CCc1ccc(I)cc1CCC#N. The molecule has 0 aliphatic heterocycles. The second-order valence-corrected chi connectivity index (χ2v) is 4.17. The fourth-order valence-electron chi connectivity index (χ4n) is 1.36. The van der Waals surface area contributed by atoms with Gasteiger partial charge in [-0.1, -0.05) is 13.0 Å². The number of halogens is 1. The Morgan fingerprint density at radius 1 is 1.38 bits per heavy atom. The van der Waals surface area contributed by atoms with E-state index in [4.69, 9.17) is 5.26 Å². The molecule has 0 aliphatic carbocycles. The van der Waals surface area contributed by atoms with Crippen LogP contribution in [0.2, 0.25) is 0 Å². The molecule has 68 valence electrons. The van der Waals surface area contributed by atoms with Crippen molar-refractivity contribution >= 4 is 22.6 Å². The number of nitrogens with zero attached hydrogens (tertiary/aromatic N) is 1. The van der Waals surface area contributed by atoms with Crippen LogP contribution in [0.25, 0.3) is 0 Å². The van der Waals surface area contributed by atoms with Crippen LogP contribution in [0.15, 0.2) is 18.2 Å². The molecule has 0 saturated heterocycles. The van der Waals surface area contributed by atoms with Crippen LogP contribution in [0.3, 0.4) is 0 Å². The van der Waals surface area contributed by atoms with Crippen molar-refractivity contribution in [1.29, 1.82) is 5.26 Å². The van der Waals surface area contributed by atoms with E-state index >= 15 is 0 Å². The molecule has 0 N–H and O–H groups in total. The first kappa shape index (κ1) is 10.5. The Morgan fingerprint density at radius 2 is 2.15 bits per heavy atom. The van der Waals surface area contributed by atoms with Crippen molar-refractivity contribution in [2.45, 2.75) is 26.2 Å². The van der Waals surface area contributed by atoms with Gasteiger partial charge in [0.2, 0.25) is 0 Å². The molecular formula is C11H12IN. The Kier molecular flexibility index (Phi) is 4.23. The van der Waals surface area contributed by atoms with E-state index in [-0.39, 0.29) is 0 Å². The summed E-state index contributed by atoms with van der Waals surface area (Å²) >= 11 is 2.31. The smallest absolute Gasteiger partial charge is 0.0625 e. The number of aryl methyl sites for hydroxylation is 2. The molecule has 0 saturated carbocycles. The first-order valence-electron chi connectivity index (χ1n) is 4.42. The van der Waals surface area contributed by atoms with Gasteiger partial charge in [-0.3, -0.25) is 0 Å². The fourth-order valence-corrected chi connectivity index (χ4v) is 1.92. The van der Waals surface area contributed by atoms with Gasteiger partial charge in [0.25, 0.3) is 0 Å². The van der Waals surface area contributed by atoms with Crippen molar-refractivity contribution in [3.05, 3.63) is 32.9 Å². The summed E-state index contributed by atoms with van der Waals surface area (Å²) in [5.41, 5.74) is 2.70. The third-order valence-corrected chi connectivity index (χ3v) is 2.73. The summed E-state index contributed by atoms with van der Waals surface area (Å²) in [4.78, 5) is 0. The van der Waals surface area contributed by atoms with Gasteiger partial charge in [0, 0.05) is 9.99 Å². The molecule has 1 aromatic rings. The molecule has 0 aliphatic rings. The minimum Gasteiger partial charge on any atom is -0.198 e. The molecule has 0 fully saturated rings. The lowest BCUT2D eigenvalue weighted by atomic mass is 10.0. The minimum atomic E-state index is 0.618. The van der Waals surface area contributed by atoms with Crippen molar-refractivity contribution in [3.8, 4) is 6.07 Å². The van der Waals surface area contributed by atoms with E-state index in [0.717, 1.165) is 12.8 Å². The maximum atomic E-state index is 8.51. The Labute approximate surface area is 92.9 Å². The summed E-state index contributed by atoms with van der Waals surface area (Å²) in [7, 11) is 0. The van der Waals surface area contributed by atoms with Crippen LogP contribution in [0.4, 0.5) is 0 Å². The average Bonchev–Trinajstić information content (AvgIpc) is 2.15. The first-order chi connectivity index (χ1) is 6.27. The predicted molar refractivity (Wildman–Crippen MR) is 62.5 cm³/mol. The van der Waals surface area contributed by atoms with Crippen molar-refractivity contribution in [1.82, 2.24) is 0 Å². The molecule has 0 atom stereocenters. The summed E-state index contributed by atoms with van der Waals surface area (Å²) in [5, 5.41) is 8.51. The molecule has 0 amide bonds. The van der Waals surface area contributed by atoms with Gasteiger partial charge in [0.05, 0.1) is 6.07 Å². The Bertz CT molecular complexity index is 325. The van der Waals surface area contributed by atoms with Crippen molar-refractivity contribution in [2.24, 2.45) is 0 Å². The highest BCUT2D eigenvalue weighted by Gasteiger charge is 2.00. The molecule has 1 aromatic carbocycles. The van der Waals surface area contributed by atoms with E-state index in [1.54, 1.807) is 0 Å². The van der Waals surface area contributed by atoms with E-state index in [9.17, 15) is 0 Å². The van der Waals surface area contributed by atoms with Gasteiger partial charge >= 0.3 is 0 Å². The van der Waals surface area contributed by atoms with Crippen molar-refractivity contribution in [3.63, 3.8) is 0 Å². The summed E-state index contributed by atoms with van der Waals surface area (Å²) in [5.74, 6) is 0. The largest absolute Gasteiger partial charge is 0.198 e. The van der Waals surface area contributed by atoms with Crippen LogP contribution < -0.4 is 0 Å². The Morgan fingerprint density at radius 3 is 2.77 bits per heavy atom. The molecule has 1 nitrogen and oxygen atoms in total. The molecule has 0 unspecified atom stereocenters. The maximum absolute atomic E-state index is 8.51. The quantitative estimate of drug-likeness (QED) is 0.782. The highest BCUT2D eigenvalue weighted by atomic mass is 127. The molecule has 0 radical (unpaired) electrons. The summed E-state index contributed by atoms with van der Waals surface area (Å²) in [6.07, 6.45) is 2.56. The van der Waals surface area contributed by atoms with Crippen LogP contribution in [0.5, 0.6) is 0 Å². The van der Waals surface area contributed by atoms with Gasteiger partial charge in [-0.15, -0.1) is 0 Å². The third-order valence-electron chi connectivity index (χ3n) is 2.06. The first-order valence-corrected chi connectivity index (χ1v) is 5.50. The second-order valence-electron chi connectivity index (χ2n) is 2.92. The van der Waals surface area contributed by atoms with E-state index in [1.807, 2.05) is 0 Å². The highest BCUT2D eigenvalue weighted by Crippen LogP contribution is 2.15. The summed E-state index contributed by atoms with van der Waals surface area (Å²) in [6, 6.07) is 8.64. The Balaban J connectivity index is 2.89. The molecule has 0 heterocycles. The maximum Gasteiger partial charge on any atom is 0.0625 e. The summed E-state index contributed by atoms with van der Waals surface area (Å²) < 4.78 is 1.25. The van der Waals surface area contributed by atoms with Gasteiger partial charge in [-0.05, 0) is 58.7 Å². The van der Waals surface area contributed by atoms with E-state index in [0.29, 0.717) is 6.42 Å². The van der Waals surface area contributed by atoms with Gasteiger partial charge in [-0.2, -0.15) is 5.26 Å². The number of benzene rings is 1. The molecule has 2 heteroatoms. The molecule has 0 bridgehead atoms. The predicted octanol–water partition coefficient (Wildman–Crippen LogP) is 3.31. The van der Waals surface area contributed by atoms with Crippen molar-refractivity contribution < 1.29 is 0 Å². The Hall–Kier alpha value is -0.560. The molecule has 1 rings (SSSR count). The number of hydrogen-bond donors (Lipinski definition) is 0. The number of rotatable bonds is 3. The lowest BCUT2D eigenvalue weighted by Crippen LogP contribution is -1.93. The van der Waals surface area contributed by atoms with Gasteiger partial charge < -0.3 is 0 Å². The highest BCUT2D eigenvalue weighted by molar-refractivity contribution is 14.1. The molecule has 0 spiro atoms. The van der Waals surface area contributed by atoms with Gasteiger partial charge in [0.15, 0.2) is 0 Å². The average molecular weight is 285 g/mol. The zero-order valence-corrected chi connectivity index (χ0v) is 9.84. The van der Waals surface area contributed by atoms with Crippen LogP contribution in [-0.2, 0) is 12.8 Å². The third kappa shape index (κ3) is 3.00. The lowest BCUT2D eigenvalue weighted by molar-refractivity contribution is 0.966. The monoisotopic (exact) mass is 285 g/mol. The zero-order chi connectivity index (χ0) is 9.68. The van der Waals surface area contributed by atoms with E-state index < -0.39 is 0 Å². The molecule has 13 heavy (non-hydrogen) atoms. The molecular weight excluding hydrogens is 273 g/mol. The zero-order valence-electron chi connectivity index (χ0n) is 7.68. The van der Waals surface area contributed by atoms with E-state index in [1.165, 1.54) is 14.7 Å². The second kappa shape index (κ2) is 5.23. The summed E-state index contributed by atoms with van der Waals surface area (Å²) in [6.45, 7) is 2.15. The lowest BCUT2D eigenvalue weighted by Gasteiger charge is -2.05. The van der Waals surface area contributed by atoms with Gasteiger partial charge in [0.1, 0.15) is 0 Å². The van der Waals surface area contributed by atoms with Crippen LogP contribution in [-0.4, -0.2) is 0 Å². The van der Waals surface area contributed by atoms with E-state index in [2.05, 4.69) is 53.8 Å². The normalized spacial score (nSPS) is 9.62. The standard InChI is InChI=1S/C11H12IN/c1-2-9-5-6-11(12)8-10(9)4-3-7-13/h5-6,8H,2-4H2,1H3. The van der Waals surface area contributed by atoms with Crippen LogP contribution in [0.1, 0.15) is 24.5 Å². The number of hydrogen-bond acceptors (Lipinski definition) is 1. The van der Waals surface area contributed by atoms with Gasteiger partial charge in [-0.25, -0.2) is 0 Å². The molecule has 0 aromatic heterocycles. The fraction of sp³-hybridized carbons (Fsp3) is 0.364. The van der Waals surface area contributed by atoms with Crippen LogP contribution >= 0.6 is 22.6 Å². The van der Waals surface area contributed by atoms with Crippen molar-refractivity contribution in [2.75, 3.05) is 0 Å². The van der Waals surface area contributed by atoms with Crippen LogP contribution in [0, 0.1) is 14.9 Å². The topological polar surface area (TPSA) is 23.8 Å². The number of nitriles is 1.